The zero-order valence-electron chi connectivity index (χ0n) is 14.7. The Kier molecular flexibility index (Phi) is 8.52. The second-order valence-corrected chi connectivity index (χ2v) is 5.68. The average molecular weight is 342 g/mol. The summed E-state index contributed by atoms with van der Waals surface area (Å²) >= 11 is 0. The molecule has 0 aliphatic carbocycles. The molecule has 0 spiro atoms. The third-order valence-electron chi connectivity index (χ3n) is 3.63. The third-order valence-corrected chi connectivity index (χ3v) is 3.63. The minimum absolute atomic E-state index is 0.0600. The van der Waals surface area contributed by atoms with E-state index in [0.717, 1.165) is 30.8 Å². The second kappa shape index (κ2) is 11.2. The molecule has 2 N–H and O–H groups in total. The molecule has 1 amide bonds. The number of carbonyl (C=O) groups excluding carboxylic acids is 1. The molecule has 5 heteroatoms. The van der Waals surface area contributed by atoms with Gasteiger partial charge in [0.1, 0.15) is 5.75 Å². The number of benzene rings is 2. The van der Waals surface area contributed by atoms with Crippen molar-refractivity contribution in [2.24, 2.45) is 0 Å². The van der Waals surface area contributed by atoms with Crippen LogP contribution in [0.25, 0.3) is 0 Å². The van der Waals surface area contributed by atoms with Crippen molar-refractivity contribution in [2.45, 2.75) is 12.8 Å². The Hall–Kier alpha value is -2.37. The number of methoxy groups -OCH3 is 1. The number of nitrogens with one attached hydrogen (secondary N) is 2. The molecule has 5 nitrogen and oxygen atoms in total. The lowest BCUT2D eigenvalue weighted by atomic mass is 10.2. The zero-order valence-corrected chi connectivity index (χ0v) is 14.7. The molecule has 0 aliphatic rings. The van der Waals surface area contributed by atoms with E-state index in [0.29, 0.717) is 19.8 Å². The predicted octanol–water partition coefficient (Wildman–Crippen LogP) is 2.87. The van der Waals surface area contributed by atoms with Gasteiger partial charge in [0.25, 0.3) is 0 Å². The van der Waals surface area contributed by atoms with Crippen molar-refractivity contribution in [3.63, 3.8) is 0 Å². The Bertz CT molecular complexity index is 615. The molecule has 2 rings (SSSR count). The number of hydrogen-bond donors (Lipinski definition) is 2. The first-order valence-electron chi connectivity index (χ1n) is 8.54. The summed E-state index contributed by atoms with van der Waals surface area (Å²) in [4.78, 5) is 11.8. The molecule has 2 aromatic carbocycles. The summed E-state index contributed by atoms with van der Waals surface area (Å²) in [6, 6.07) is 17.7. The van der Waals surface area contributed by atoms with Gasteiger partial charge >= 0.3 is 0 Å². The van der Waals surface area contributed by atoms with Crippen molar-refractivity contribution in [3.05, 3.63) is 60.2 Å². The Morgan fingerprint density at radius 3 is 2.48 bits per heavy atom. The second-order valence-electron chi connectivity index (χ2n) is 5.68. The molecule has 0 saturated heterocycles. The van der Waals surface area contributed by atoms with Crippen molar-refractivity contribution in [1.82, 2.24) is 5.32 Å². The van der Waals surface area contributed by atoms with Gasteiger partial charge in [0.15, 0.2) is 0 Å². The summed E-state index contributed by atoms with van der Waals surface area (Å²) < 4.78 is 10.7. The highest BCUT2D eigenvalue weighted by atomic mass is 16.5. The molecule has 0 fully saturated rings. The highest BCUT2D eigenvalue weighted by molar-refractivity contribution is 5.92. The van der Waals surface area contributed by atoms with Gasteiger partial charge in [0, 0.05) is 25.8 Å². The standard InChI is InChI=1S/C20H26N2O3/c1-24-14-5-13-21-16-20(23)22-18-8-10-19(11-9-18)25-15-12-17-6-3-2-4-7-17/h2-4,6-11,21H,5,12-16H2,1H3,(H,22,23). The van der Waals surface area contributed by atoms with E-state index in [2.05, 4.69) is 22.8 Å². The molecule has 0 saturated carbocycles. The molecule has 0 atom stereocenters. The first kappa shape index (κ1) is 19.0. The molecule has 0 aromatic heterocycles. The minimum atomic E-state index is -0.0600. The van der Waals surface area contributed by atoms with Crippen LogP contribution in [0.2, 0.25) is 0 Å². The van der Waals surface area contributed by atoms with E-state index in [1.807, 2.05) is 42.5 Å². The largest absolute Gasteiger partial charge is 0.493 e. The maximum absolute atomic E-state index is 11.8. The van der Waals surface area contributed by atoms with Gasteiger partial charge in [0.2, 0.25) is 5.91 Å². The fourth-order valence-electron chi connectivity index (χ4n) is 2.31. The molecule has 134 valence electrons. The SMILES string of the molecule is COCCCNCC(=O)Nc1ccc(OCCc2ccccc2)cc1. The lowest BCUT2D eigenvalue weighted by Crippen LogP contribution is -2.29. The maximum Gasteiger partial charge on any atom is 0.238 e. The Morgan fingerprint density at radius 1 is 1.00 bits per heavy atom. The maximum atomic E-state index is 11.8. The molecule has 2 aromatic rings. The summed E-state index contributed by atoms with van der Waals surface area (Å²) in [7, 11) is 1.67. The molecule has 0 heterocycles. The first-order chi connectivity index (χ1) is 12.3. The van der Waals surface area contributed by atoms with E-state index in [1.54, 1.807) is 7.11 Å². The van der Waals surface area contributed by atoms with Crippen LogP contribution in [-0.4, -0.2) is 39.3 Å². The van der Waals surface area contributed by atoms with Gasteiger partial charge in [-0.1, -0.05) is 30.3 Å². The van der Waals surface area contributed by atoms with Crippen LogP contribution in [0.3, 0.4) is 0 Å². The highest BCUT2D eigenvalue weighted by Crippen LogP contribution is 2.16. The van der Waals surface area contributed by atoms with Crippen LogP contribution in [0.4, 0.5) is 5.69 Å². The summed E-state index contributed by atoms with van der Waals surface area (Å²) in [5, 5.41) is 5.93. The Morgan fingerprint density at radius 2 is 1.76 bits per heavy atom. The van der Waals surface area contributed by atoms with Crippen LogP contribution in [0.5, 0.6) is 5.75 Å². The topological polar surface area (TPSA) is 59.6 Å². The molecule has 0 radical (unpaired) electrons. The van der Waals surface area contributed by atoms with Gasteiger partial charge in [0.05, 0.1) is 13.2 Å². The molecule has 0 aliphatic heterocycles. The van der Waals surface area contributed by atoms with Gasteiger partial charge in [-0.25, -0.2) is 0 Å². The van der Waals surface area contributed by atoms with E-state index >= 15 is 0 Å². The lowest BCUT2D eigenvalue weighted by Gasteiger charge is -2.09. The summed E-state index contributed by atoms with van der Waals surface area (Å²) in [6.07, 6.45) is 1.76. The molecular formula is C20H26N2O3. The van der Waals surface area contributed by atoms with E-state index in [-0.39, 0.29) is 5.91 Å². The predicted molar refractivity (Wildman–Crippen MR) is 100 cm³/mol. The minimum Gasteiger partial charge on any atom is -0.493 e. The summed E-state index contributed by atoms with van der Waals surface area (Å²) in [5.41, 5.74) is 2.02. The summed E-state index contributed by atoms with van der Waals surface area (Å²) in [5.74, 6) is 0.738. The Balaban J connectivity index is 1.66. The smallest absolute Gasteiger partial charge is 0.238 e. The zero-order chi connectivity index (χ0) is 17.7. The normalized spacial score (nSPS) is 10.4. The van der Waals surface area contributed by atoms with Crippen LogP contribution in [0.1, 0.15) is 12.0 Å². The quantitative estimate of drug-likeness (QED) is 0.617. The number of rotatable bonds is 11. The monoisotopic (exact) mass is 342 g/mol. The third kappa shape index (κ3) is 7.83. The fourth-order valence-corrected chi connectivity index (χ4v) is 2.31. The van der Waals surface area contributed by atoms with Crippen LogP contribution in [0, 0.1) is 0 Å². The van der Waals surface area contributed by atoms with E-state index < -0.39 is 0 Å². The van der Waals surface area contributed by atoms with Crippen molar-refractivity contribution in [1.29, 1.82) is 0 Å². The van der Waals surface area contributed by atoms with Crippen LogP contribution >= 0.6 is 0 Å². The van der Waals surface area contributed by atoms with Gasteiger partial charge in [-0.05, 0) is 42.8 Å². The molecule has 0 bridgehead atoms. The van der Waals surface area contributed by atoms with Gasteiger partial charge in [-0.2, -0.15) is 0 Å². The number of hydrogen-bond acceptors (Lipinski definition) is 4. The van der Waals surface area contributed by atoms with Crippen LogP contribution in [0.15, 0.2) is 54.6 Å². The average Bonchev–Trinajstić information content (AvgIpc) is 2.64. The molecule has 25 heavy (non-hydrogen) atoms. The van der Waals surface area contributed by atoms with Gasteiger partial charge in [-0.3, -0.25) is 4.79 Å². The van der Waals surface area contributed by atoms with Crippen LogP contribution in [-0.2, 0) is 16.0 Å². The number of ether oxygens (including phenoxy) is 2. The molecular weight excluding hydrogens is 316 g/mol. The number of amides is 1. The van der Waals surface area contributed by atoms with E-state index in [9.17, 15) is 4.79 Å². The van der Waals surface area contributed by atoms with Crippen molar-refractivity contribution in [2.75, 3.05) is 38.7 Å². The van der Waals surface area contributed by atoms with E-state index in [1.165, 1.54) is 5.56 Å². The highest BCUT2D eigenvalue weighted by Gasteiger charge is 2.02. The number of anilines is 1. The van der Waals surface area contributed by atoms with Gasteiger partial charge in [-0.15, -0.1) is 0 Å². The van der Waals surface area contributed by atoms with Crippen molar-refractivity contribution < 1.29 is 14.3 Å². The summed E-state index contributed by atoms with van der Waals surface area (Å²) in [6.45, 7) is 2.37. The van der Waals surface area contributed by atoms with Crippen LogP contribution < -0.4 is 15.4 Å². The van der Waals surface area contributed by atoms with Gasteiger partial charge < -0.3 is 20.1 Å². The van der Waals surface area contributed by atoms with Crippen molar-refractivity contribution >= 4 is 11.6 Å². The first-order valence-corrected chi connectivity index (χ1v) is 8.54. The Labute approximate surface area is 149 Å². The van der Waals surface area contributed by atoms with E-state index in [4.69, 9.17) is 9.47 Å². The number of carbonyl (C=O) groups is 1. The fraction of sp³-hybridized carbons (Fsp3) is 0.350. The molecule has 0 unspecified atom stereocenters. The van der Waals surface area contributed by atoms with Crippen molar-refractivity contribution in [3.8, 4) is 5.75 Å². The lowest BCUT2D eigenvalue weighted by molar-refractivity contribution is -0.115.